The summed E-state index contributed by atoms with van der Waals surface area (Å²) in [6, 6.07) is 9.82. The maximum absolute atomic E-state index is 12.2. The van der Waals surface area contributed by atoms with Crippen molar-refractivity contribution in [1.29, 1.82) is 0 Å². The van der Waals surface area contributed by atoms with Crippen LogP contribution >= 0.6 is 0 Å². The van der Waals surface area contributed by atoms with E-state index in [0.29, 0.717) is 31.9 Å². The number of furan rings is 1. The molecule has 1 aliphatic heterocycles. The summed E-state index contributed by atoms with van der Waals surface area (Å²) in [6.07, 6.45) is 1.49. The number of benzene rings is 1. The molecule has 1 fully saturated rings. The summed E-state index contributed by atoms with van der Waals surface area (Å²) in [6.45, 7) is 2.56. The largest absolute Gasteiger partial charge is 0.459 e. The standard InChI is InChI=1S/C15H15N3O4/c19-15(14-2-1-11-22-14)17-9-7-16(8-10-17)12-3-5-13(6-4-12)18(20)21/h1-6,11H,7-10H2. The number of carbonyl (C=O) groups excluding carboxylic acids is 1. The van der Waals surface area contributed by atoms with Gasteiger partial charge >= 0.3 is 0 Å². The summed E-state index contributed by atoms with van der Waals surface area (Å²) < 4.78 is 5.13. The molecule has 0 N–H and O–H groups in total. The van der Waals surface area contributed by atoms with E-state index in [9.17, 15) is 14.9 Å². The molecule has 7 heteroatoms. The second-order valence-electron chi connectivity index (χ2n) is 5.03. The Balaban J connectivity index is 1.62. The van der Waals surface area contributed by atoms with Crippen LogP contribution in [0.3, 0.4) is 0 Å². The van der Waals surface area contributed by atoms with Gasteiger partial charge in [-0.3, -0.25) is 14.9 Å². The van der Waals surface area contributed by atoms with Gasteiger partial charge in [-0.15, -0.1) is 0 Å². The molecule has 1 aromatic carbocycles. The number of piperazine rings is 1. The van der Waals surface area contributed by atoms with Crippen LogP contribution in [-0.2, 0) is 0 Å². The molecule has 1 aliphatic rings. The van der Waals surface area contributed by atoms with Crippen molar-refractivity contribution >= 4 is 17.3 Å². The van der Waals surface area contributed by atoms with Crippen LogP contribution in [0.1, 0.15) is 10.6 Å². The topological polar surface area (TPSA) is 79.8 Å². The molecular weight excluding hydrogens is 286 g/mol. The zero-order valence-electron chi connectivity index (χ0n) is 11.8. The lowest BCUT2D eigenvalue weighted by atomic mass is 10.2. The number of nitro benzene ring substituents is 1. The van der Waals surface area contributed by atoms with E-state index in [2.05, 4.69) is 4.90 Å². The van der Waals surface area contributed by atoms with Gasteiger partial charge in [-0.2, -0.15) is 0 Å². The molecule has 2 aromatic rings. The average molecular weight is 301 g/mol. The summed E-state index contributed by atoms with van der Waals surface area (Å²) in [5.74, 6) is 0.247. The molecule has 0 bridgehead atoms. The Labute approximate surface area is 126 Å². The molecule has 0 saturated carbocycles. The molecule has 0 unspecified atom stereocenters. The lowest BCUT2D eigenvalue weighted by molar-refractivity contribution is -0.384. The van der Waals surface area contributed by atoms with Gasteiger partial charge in [0.2, 0.25) is 0 Å². The van der Waals surface area contributed by atoms with E-state index >= 15 is 0 Å². The highest BCUT2D eigenvalue weighted by molar-refractivity contribution is 5.91. The molecule has 0 spiro atoms. The molecule has 0 atom stereocenters. The van der Waals surface area contributed by atoms with Crippen LogP contribution in [0, 0.1) is 10.1 Å². The van der Waals surface area contributed by atoms with Crippen LogP contribution < -0.4 is 4.90 Å². The fraction of sp³-hybridized carbons (Fsp3) is 0.267. The van der Waals surface area contributed by atoms with Crippen molar-refractivity contribution in [3.05, 3.63) is 58.5 Å². The van der Waals surface area contributed by atoms with Gasteiger partial charge in [-0.25, -0.2) is 0 Å². The molecule has 2 heterocycles. The predicted octanol–water partition coefficient (Wildman–Crippen LogP) is 2.15. The predicted molar refractivity (Wildman–Crippen MR) is 79.9 cm³/mol. The maximum Gasteiger partial charge on any atom is 0.289 e. The summed E-state index contributed by atoms with van der Waals surface area (Å²) in [4.78, 5) is 26.3. The number of rotatable bonds is 3. The van der Waals surface area contributed by atoms with E-state index in [1.807, 2.05) is 0 Å². The van der Waals surface area contributed by atoms with Crippen LogP contribution in [-0.4, -0.2) is 41.9 Å². The highest BCUT2D eigenvalue weighted by Crippen LogP contribution is 2.21. The third-order valence-electron chi connectivity index (χ3n) is 3.72. The van der Waals surface area contributed by atoms with Crippen molar-refractivity contribution in [2.24, 2.45) is 0 Å². The number of anilines is 1. The highest BCUT2D eigenvalue weighted by atomic mass is 16.6. The van der Waals surface area contributed by atoms with Gasteiger partial charge in [-0.05, 0) is 24.3 Å². The Morgan fingerprint density at radius 2 is 1.77 bits per heavy atom. The van der Waals surface area contributed by atoms with E-state index < -0.39 is 4.92 Å². The molecule has 7 nitrogen and oxygen atoms in total. The Morgan fingerprint density at radius 1 is 1.09 bits per heavy atom. The maximum atomic E-state index is 12.2. The first-order chi connectivity index (χ1) is 10.6. The Hall–Kier alpha value is -2.83. The van der Waals surface area contributed by atoms with Crippen LogP contribution in [0.4, 0.5) is 11.4 Å². The third-order valence-corrected chi connectivity index (χ3v) is 3.72. The molecule has 1 aromatic heterocycles. The molecular formula is C15H15N3O4. The lowest BCUT2D eigenvalue weighted by Crippen LogP contribution is -2.48. The first-order valence-electron chi connectivity index (χ1n) is 6.97. The second-order valence-corrected chi connectivity index (χ2v) is 5.03. The van der Waals surface area contributed by atoms with Crippen molar-refractivity contribution < 1.29 is 14.1 Å². The minimum atomic E-state index is -0.413. The normalized spacial score (nSPS) is 14.9. The van der Waals surface area contributed by atoms with Crippen molar-refractivity contribution in [3.8, 4) is 0 Å². The number of hydrogen-bond acceptors (Lipinski definition) is 5. The van der Waals surface area contributed by atoms with Gasteiger partial charge in [0.05, 0.1) is 11.2 Å². The molecule has 0 aliphatic carbocycles. The van der Waals surface area contributed by atoms with Crippen LogP contribution in [0.25, 0.3) is 0 Å². The number of amides is 1. The zero-order chi connectivity index (χ0) is 15.5. The molecule has 1 amide bonds. The lowest BCUT2D eigenvalue weighted by Gasteiger charge is -2.35. The Morgan fingerprint density at radius 3 is 2.32 bits per heavy atom. The van der Waals surface area contributed by atoms with Crippen LogP contribution in [0.15, 0.2) is 47.1 Å². The highest BCUT2D eigenvalue weighted by Gasteiger charge is 2.23. The molecule has 22 heavy (non-hydrogen) atoms. The third kappa shape index (κ3) is 2.78. The quantitative estimate of drug-likeness (QED) is 0.641. The van der Waals surface area contributed by atoms with E-state index in [1.165, 1.54) is 18.4 Å². The smallest absolute Gasteiger partial charge is 0.289 e. The van der Waals surface area contributed by atoms with Crippen molar-refractivity contribution in [1.82, 2.24) is 4.90 Å². The first kappa shape index (κ1) is 14.1. The van der Waals surface area contributed by atoms with Crippen LogP contribution in [0.5, 0.6) is 0 Å². The molecule has 0 radical (unpaired) electrons. The van der Waals surface area contributed by atoms with E-state index in [4.69, 9.17) is 4.42 Å². The SMILES string of the molecule is O=C(c1ccco1)N1CCN(c2ccc([N+](=O)[O-])cc2)CC1. The molecule has 1 saturated heterocycles. The average Bonchev–Trinajstić information content (AvgIpc) is 3.09. The summed E-state index contributed by atoms with van der Waals surface area (Å²) in [5.41, 5.74) is 1.01. The van der Waals surface area contributed by atoms with E-state index in [0.717, 1.165) is 5.69 Å². The summed E-state index contributed by atoms with van der Waals surface area (Å²) in [7, 11) is 0. The monoisotopic (exact) mass is 301 g/mol. The number of nitrogens with zero attached hydrogens (tertiary/aromatic N) is 3. The van der Waals surface area contributed by atoms with Gasteiger partial charge in [0.15, 0.2) is 5.76 Å². The second kappa shape index (κ2) is 5.88. The number of carbonyl (C=O) groups is 1. The van der Waals surface area contributed by atoms with Crippen molar-refractivity contribution in [2.45, 2.75) is 0 Å². The zero-order valence-corrected chi connectivity index (χ0v) is 11.8. The number of nitro groups is 1. The summed E-state index contributed by atoms with van der Waals surface area (Å²) >= 11 is 0. The number of hydrogen-bond donors (Lipinski definition) is 0. The van der Waals surface area contributed by atoms with Crippen LogP contribution in [0.2, 0.25) is 0 Å². The molecule has 3 rings (SSSR count). The van der Waals surface area contributed by atoms with Crippen molar-refractivity contribution in [2.75, 3.05) is 31.1 Å². The van der Waals surface area contributed by atoms with Gasteiger partial charge in [0, 0.05) is 44.0 Å². The minimum absolute atomic E-state index is 0.0791. The Bertz CT molecular complexity index is 659. The fourth-order valence-electron chi connectivity index (χ4n) is 2.51. The molecule has 114 valence electrons. The number of non-ortho nitro benzene ring substituents is 1. The van der Waals surface area contributed by atoms with Gasteiger partial charge in [-0.1, -0.05) is 0 Å². The van der Waals surface area contributed by atoms with E-state index in [-0.39, 0.29) is 11.6 Å². The van der Waals surface area contributed by atoms with Gasteiger partial charge in [0.25, 0.3) is 11.6 Å². The van der Waals surface area contributed by atoms with Crippen molar-refractivity contribution in [3.63, 3.8) is 0 Å². The fourth-order valence-corrected chi connectivity index (χ4v) is 2.51. The van der Waals surface area contributed by atoms with Gasteiger partial charge < -0.3 is 14.2 Å². The van der Waals surface area contributed by atoms with Gasteiger partial charge in [0.1, 0.15) is 0 Å². The first-order valence-corrected chi connectivity index (χ1v) is 6.97. The summed E-state index contributed by atoms with van der Waals surface area (Å²) in [5, 5.41) is 10.7. The Kier molecular flexibility index (Phi) is 3.78. The van der Waals surface area contributed by atoms with E-state index in [1.54, 1.807) is 29.2 Å². The minimum Gasteiger partial charge on any atom is -0.459 e.